The summed E-state index contributed by atoms with van der Waals surface area (Å²) < 4.78 is 14.1. The first-order valence-corrected chi connectivity index (χ1v) is 10.1. The first kappa shape index (κ1) is 19.1. The average molecular weight is 406 g/mol. The van der Waals surface area contributed by atoms with E-state index in [-0.39, 0.29) is 12.2 Å². The number of halogens is 1. The highest BCUT2D eigenvalue weighted by atomic mass is 32.1. The summed E-state index contributed by atoms with van der Waals surface area (Å²) in [5, 5.41) is 5.02. The molecule has 0 saturated carbocycles. The first-order chi connectivity index (χ1) is 14.0. The van der Waals surface area contributed by atoms with Gasteiger partial charge in [-0.1, -0.05) is 42.0 Å². The van der Waals surface area contributed by atoms with E-state index >= 15 is 0 Å². The fraction of sp³-hybridized carbons (Fsp3) is 0.130. The SMILES string of the molecule is Cc1ccc(NC2=C(c3cccs3)C(=O)N(Cc3ccccc3F)C2=O)c(C)c1. The standard InChI is InChI=1S/C23H19FN2O2S/c1-14-9-10-18(15(2)12-14)25-21-20(19-8-5-11-29-19)22(27)26(23(21)28)13-16-6-3-4-7-17(16)24/h3-12,25H,13H2,1-2H3. The van der Waals surface area contributed by atoms with Crippen molar-refractivity contribution >= 4 is 34.4 Å². The molecule has 1 N–H and O–H groups in total. The number of carbonyl (C=O) groups is 2. The minimum atomic E-state index is -0.457. The van der Waals surface area contributed by atoms with Gasteiger partial charge in [0.1, 0.15) is 11.5 Å². The Morgan fingerprint density at radius 2 is 1.79 bits per heavy atom. The molecule has 0 saturated heterocycles. The van der Waals surface area contributed by atoms with Crippen LogP contribution < -0.4 is 5.32 Å². The number of hydrogen-bond acceptors (Lipinski definition) is 4. The molecule has 146 valence electrons. The smallest absolute Gasteiger partial charge is 0.278 e. The number of benzene rings is 2. The molecule has 0 unspecified atom stereocenters. The number of nitrogens with one attached hydrogen (secondary N) is 1. The van der Waals surface area contributed by atoms with Crippen molar-refractivity contribution < 1.29 is 14.0 Å². The van der Waals surface area contributed by atoms with Crippen molar-refractivity contribution in [3.63, 3.8) is 0 Å². The maximum Gasteiger partial charge on any atom is 0.278 e. The molecule has 0 bridgehead atoms. The van der Waals surface area contributed by atoms with Crippen molar-refractivity contribution in [1.82, 2.24) is 4.90 Å². The topological polar surface area (TPSA) is 49.4 Å². The van der Waals surface area contributed by atoms with Gasteiger partial charge in [-0.05, 0) is 43.0 Å². The van der Waals surface area contributed by atoms with Crippen LogP contribution in [0.15, 0.2) is 65.7 Å². The summed E-state index contributed by atoms with van der Waals surface area (Å²) in [7, 11) is 0. The summed E-state index contributed by atoms with van der Waals surface area (Å²) in [6.07, 6.45) is 0. The maximum absolute atomic E-state index is 14.1. The molecule has 0 radical (unpaired) electrons. The number of aryl methyl sites for hydroxylation is 2. The molecule has 1 aromatic heterocycles. The normalized spacial score (nSPS) is 14.1. The molecule has 4 rings (SSSR count). The Hall–Kier alpha value is -3.25. The summed E-state index contributed by atoms with van der Waals surface area (Å²) in [5.41, 5.74) is 3.68. The van der Waals surface area contributed by atoms with Gasteiger partial charge in [-0.25, -0.2) is 4.39 Å². The number of imide groups is 1. The number of carbonyl (C=O) groups excluding carboxylic acids is 2. The lowest BCUT2D eigenvalue weighted by molar-refractivity contribution is -0.137. The second-order valence-corrected chi connectivity index (χ2v) is 7.91. The van der Waals surface area contributed by atoms with Crippen LogP contribution in [0.3, 0.4) is 0 Å². The van der Waals surface area contributed by atoms with Crippen LogP contribution >= 0.6 is 11.3 Å². The van der Waals surface area contributed by atoms with Crippen molar-refractivity contribution in [2.24, 2.45) is 0 Å². The fourth-order valence-corrected chi connectivity index (χ4v) is 4.14. The van der Waals surface area contributed by atoms with Gasteiger partial charge < -0.3 is 5.32 Å². The van der Waals surface area contributed by atoms with E-state index in [1.165, 1.54) is 17.4 Å². The summed E-state index contributed by atoms with van der Waals surface area (Å²) >= 11 is 1.39. The lowest BCUT2D eigenvalue weighted by Gasteiger charge is -2.16. The van der Waals surface area contributed by atoms with Gasteiger partial charge in [-0.2, -0.15) is 0 Å². The average Bonchev–Trinajstić information content (AvgIpc) is 3.28. The van der Waals surface area contributed by atoms with Gasteiger partial charge in [0.25, 0.3) is 11.8 Å². The Morgan fingerprint density at radius 1 is 1.00 bits per heavy atom. The Kier molecular flexibility index (Phi) is 5.03. The predicted molar refractivity (Wildman–Crippen MR) is 113 cm³/mol. The van der Waals surface area contributed by atoms with Crippen LogP contribution in [0, 0.1) is 19.7 Å². The largest absolute Gasteiger partial charge is 0.350 e. The molecular formula is C23H19FN2O2S. The molecule has 0 fully saturated rings. The molecule has 0 spiro atoms. The van der Waals surface area contributed by atoms with Gasteiger partial charge in [-0.15, -0.1) is 11.3 Å². The highest BCUT2D eigenvalue weighted by Gasteiger charge is 2.40. The van der Waals surface area contributed by atoms with Crippen molar-refractivity contribution in [1.29, 1.82) is 0 Å². The minimum absolute atomic E-state index is 0.114. The van der Waals surface area contributed by atoms with Gasteiger partial charge in [0.05, 0.1) is 12.1 Å². The summed E-state index contributed by atoms with van der Waals surface area (Å²) in [5.74, 6) is -1.32. The van der Waals surface area contributed by atoms with Gasteiger partial charge in [0, 0.05) is 16.1 Å². The van der Waals surface area contributed by atoms with Gasteiger partial charge in [-0.3, -0.25) is 14.5 Å². The number of rotatable bonds is 5. The predicted octanol–water partition coefficient (Wildman–Crippen LogP) is 4.90. The van der Waals surface area contributed by atoms with Crippen molar-refractivity contribution in [2.45, 2.75) is 20.4 Å². The molecule has 29 heavy (non-hydrogen) atoms. The van der Waals surface area contributed by atoms with Crippen LogP contribution in [0.5, 0.6) is 0 Å². The third-order valence-electron chi connectivity index (χ3n) is 4.86. The number of hydrogen-bond donors (Lipinski definition) is 1. The number of anilines is 1. The van der Waals surface area contributed by atoms with Crippen molar-refractivity contribution in [3.8, 4) is 0 Å². The summed E-state index contributed by atoms with van der Waals surface area (Å²) in [4.78, 5) is 28.1. The van der Waals surface area contributed by atoms with Gasteiger partial charge in [0.15, 0.2) is 0 Å². The number of nitrogens with zero attached hydrogens (tertiary/aromatic N) is 1. The third-order valence-corrected chi connectivity index (χ3v) is 5.75. The molecule has 0 atom stereocenters. The van der Waals surface area contributed by atoms with Gasteiger partial charge >= 0.3 is 0 Å². The van der Waals surface area contributed by atoms with E-state index in [1.807, 2.05) is 49.6 Å². The zero-order chi connectivity index (χ0) is 20.5. The van der Waals surface area contributed by atoms with Crippen LogP contribution in [-0.4, -0.2) is 16.7 Å². The minimum Gasteiger partial charge on any atom is -0.350 e. The van der Waals surface area contributed by atoms with Crippen LogP contribution in [-0.2, 0) is 16.1 Å². The van der Waals surface area contributed by atoms with E-state index < -0.39 is 17.6 Å². The zero-order valence-electron chi connectivity index (χ0n) is 16.0. The van der Waals surface area contributed by atoms with Crippen LogP contribution in [0.4, 0.5) is 10.1 Å². The Balaban J connectivity index is 1.74. The van der Waals surface area contributed by atoms with E-state index in [0.29, 0.717) is 16.0 Å². The molecule has 1 aliphatic rings. The number of thiophene rings is 1. The van der Waals surface area contributed by atoms with E-state index in [0.717, 1.165) is 21.7 Å². The molecule has 4 nitrogen and oxygen atoms in total. The Labute approximate surface area is 172 Å². The summed E-state index contributed by atoms with van der Waals surface area (Å²) in [6.45, 7) is 3.82. The van der Waals surface area contributed by atoms with Crippen LogP contribution in [0.1, 0.15) is 21.6 Å². The zero-order valence-corrected chi connectivity index (χ0v) is 16.8. The Morgan fingerprint density at radius 3 is 2.48 bits per heavy atom. The molecule has 2 heterocycles. The van der Waals surface area contributed by atoms with Crippen molar-refractivity contribution in [3.05, 3.63) is 93.1 Å². The molecule has 2 aromatic carbocycles. The molecule has 1 aliphatic heterocycles. The second kappa shape index (κ2) is 7.64. The van der Waals surface area contributed by atoms with E-state index in [2.05, 4.69) is 5.32 Å². The summed E-state index contributed by atoms with van der Waals surface area (Å²) in [6, 6.07) is 15.6. The highest BCUT2D eigenvalue weighted by Crippen LogP contribution is 2.34. The molecule has 0 aliphatic carbocycles. The van der Waals surface area contributed by atoms with E-state index in [9.17, 15) is 14.0 Å². The third kappa shape index (κ3) is 3.59. The van der Waals surface area contributed by atoms with Crippen molar-refractivity contribution in [2.75, 3.05) is 5.32 Å². The number of amides is 2. The first-order valence-electron chi connectivity index (χ1n) is 9.17. The van der Waals surface area contributed by atoms with E-state index in [1.54, 1.807) is 18.2 Å². The van der Waals surface area contributed by atoms with Crippen LogP contribution in [0.2, 0.25) is 0 Å². The monoisotopic (exact) mass is 406 g/mol. The fourth-order valence-electron chi connectivity index (χ4n) is 3.37. The lowest BCUT2D eigenvalue weighted by Crippen LogP contribution is -2.32. The molecule has 2 amide bonds. The maximum atomic E-state index is 14.1. The van der Waals surface area contributed by atoms with Gasteiger partial charge in [0.2, 0.25) is 0 Å². The lowest BCUT2D eigenvalue weighted by atomic mass is 10.1. The Bertz CT molecular complexity index is 1140. The molecule has 6 heteroatoms. The second-order valence-electron chi connectivity index (χ2n) is 6.96. The van der Waals surface area contributed by atoms with E-state index in [4.69, 9.17) is 0 Å². The molecular weight excluding hydrogens is 387 g/mol. The van der Waals surface area contributed by atoms with Crippen LogP contribution in [0.25, 0.3) is 5.57 Å². The molecule has 3 aromatic rings. The quantitative estimate of drug-likeness (QED) is 0.614. The highest BCUT2D eigenvalue weighted by molar-refractivity contribution is 7.11.